The van der Waals surface area contributed by atoms with Gasteiger partial charge in [0.2, 0.25) is 5.91 Å². The van der Waals surface area contributed by atoms with Crippen LogP contribution in [0.2, 0.25) is 0 Å². The predicted octanol–water partition coefficient (Wildman–Crippen LogP) is 3.06. The molecule has 0 aliphatic carbocycles. The zero-order valence-corrected chi connectivity index (χ0v) is 15.3. The van der Waals surface area contributed by atoms with Crippen molar-refractivity contribution in [3.63, 3.8) is 0 Å². The number of halogens is 1. The number of rotatable bonds is 3. The van der Waals surface area contributed by atoms with Gasteiger partial charge >= 0.3 is 0 Å². The van der Waals surface area contributed by atoms with E-state index in [0.717, 1.165) is 0 Å². The highest BCUT2D eigenvalue weighted by atomic mass is 19.1. The zero-order valence-electron chi connectivity index (χ0n) is 15.3. The number of carbonyl (C=O) groups excluding carboxylic acids is 2. The SMILES string of the molecule is CCN1CCN(C(=O)c2cccc(-c3ccc(F)c(C#N)c3)c2)[C@H](C)C1=O. The van der Waals surface area contributed by atoms with E-state index in [4.69, 9.17) is 5.26 Å². The molecule has 2 amide bonds. The van der Waals surface area contributed by atoms with Crippen molar-refractivity contribution in [2.24, 2.45) is 0 Å². The van der Waals surface area contributed by atoms with Crippen LogP contribution in [0.1, 0.15) is 29.8 Å². The van der Waals surface area contributed by atoms with Crippen molar-refractivity contribution in [3.8, 4) is 17.2 Å². The Balaban J connectivity index is 1.89. The molecule has 0 aromatic heterocycles. The number of benzene rings is 2. The van der Waals surface area contributed by atoms with Crippen LogP contribution < -0.4 is 0 Å². The van der Waals surface area contributed by atoms with E-state index in [0.29, 0.717) is 36.3 Å². The Kier molecular flexibility index (Phi) is 5.22. The summed E-state index contributed by atoms with van der Waals surface area (Å²) in [6.07, 6.45) is 0. The predicted molar refractivity (Wildman–Crippen MR) is 99.3 cm³/mol. The summed E-state index contributed by atoms with van der Waals surface area (Å²) in [6.45, 7) is 5.30. The van der Waals surface area contributed by atoms with Crippen LogP contribution in [0.15, 0.2) is 42.5 Å². The quantitative estimate of drug-likeness (QED) is 0.840. The van der Waals surface area contributed by atoms with E-state index in [1.54, 1.807) is 47.1 Å². The number of piperazine rings is 1. The van der Waals surface area contributed by atoms with Gasteiger partial charge in [-0.05, 0) is 49.2 Å². The normalized spacial score (nSPS) is 17.0. The smallest absolute Gasteiger partial charge is 0.254 e. The maximum Gasteiger partial charge on any atom is 0.254 e. The minimum atomic E-state index is -0.574. The number of likely N-dealkylation sites (N-methyl/N-ethyl adjacent to an activating group) is 1. The van der Waals surface area contributed by atoms with Crippen molar-refractivity contribution in [2.75, 3.05) is 19.6 Å². The minimum Gasteiger partial charge on any atom is -0.339 e. The third-order valence-corrected chi connectivity index (χ3v) is 4.92. The van der Waals surface area contributed by atoms with Gasteiger partial charge in [-0.15, -0.1) is 0 Å². The standard InChI is InChI=1S/C21H20FN3O2/c1-3-24-9-10-25(14(2)20(24)26)21(27)17-6-4-5-15(11-17)16-7-8-19(22)18(12-16)13-23/h4-8,11-12,14H,3,9-10H2,1-2H3/t14-/m1/s1. The Morgan fingerprint density at radius 1 is 1.22 bits per heavy atom. The third-order valence-electron chi connectivity index (χ3n) is 4.92. The Bertz CT molecular complexity index is 935. The first-order chi connectivity index (χ1) is 13.0. The Morgan fingerprint density at radius 3 is 2.67 bits per heavy atom. The van der Waals surface area contributed by atoms with E-state index >= 15 is 0 Å². The van der Waals surface area contributed by atoms with Gasteiger partial charge in [0, 0.05) is 25.2 Å². The first-order valence-electron chi connectivity index (χ1n) is 8.86. The first kappa shape index (κ1) is 18.6. The van der Waals surface area contributed by atoms with Gasteiger partial charge in [-0.2, -0.15) is 5.26 Å². The van der Waals surface area contributed by atoms with E-state index in [2.05, 4.69) is 0 Å². The summed E-state index contributed by atoms with van der Waals surface area (Å²) in [5.41, 5.74) is 1.78. The van der Waals surface area contributed by atoms with Crippen LogP contribution in [0.25, 0.3) is 11.1 Å². The van der Waals surface area contributed by atoms with Gasteiger partial charge < -0.3 is 9.80 Å². The summed E-state index contributed by atoms with van der Waals surface area (Å²) in [7, 11) is 0. The number of hydrogen-bond donors (Lipinski definition) is 0. The van der Waals surface area contributed by atoms with Crippen LogP contribution in [-0.4, -0.2) is 47.3 Å². The summed E-state index contributed by atoms with van der Waals surface area (Å²) in [4.78, 5) is 28.6. The lowest BCUT2D eigenvalue weighted by atomic mass is 10.00. The van der Waals surface area contributed by atoms with Gasteiger partial charge in [-0.25, -0.2) is 4.39 Å². The largest absolute Gasteiger partial charge is 0.339 e. The first-order valence-corrected chi connectivity index (χ1v) is 8.86. The molecule has 2 aromatic carbocycles. The second kappa shape index (κ2) is 7.58. The molecule has 0 bridgehead atoms. The summed E-state index contributed by atoms with van der Waals surface area (Å²) >= 11 is 0. The van der Waals surface area contributed by atoms with Crippen molar-refractivity contribution in [3.05, 3.63) is 59.4 Å². The maximum absolute atomic E-state index is 13.6. The summed E-state index contributed by atoms with van der Waals surface area (Å²) in [5.74, 6) is -0.837. The van der Waals surface area contributed by atoms with Crippen LogP contribution in [-0.2, 0) is 4.79 Å². The molecule has 138 valence electrons. The van der Waals surface area contributed by atoms with E-state index in [1.807, 2.05) is 13.0 Å². The van der Waals surface area contributed by atoms with Crippen molar-refractivity contribution in [1.29, 1.82) is 5.26 Å². The number of carbonyl (C=O) groups is 2. The molecule has 0 N–H and O–H groups in total. The van der Waals surface area contributed by atoms with E-state index in [-0.39, 0.29) is 17.4 Å². The molecule has 0 radical (unpaired) electrons. The Labute approximate surface area is 157 Å². The number of nitrogens with zero attached hydrogens (tertiary/aromatic N) is 3. The average molecular weight is 365 g/mol. The van der Waals surface area contributed by atoms with Gasteiger partial charge in [0.05, 0.1) is 5.56 Å². The monoisotopic (exact) mass is 365 g/mol. The molecule has 1 heterocycles. The van der Waals surface area contributed by atoms with Gasteiger partial charge in [0.25, 0.3) is 5.91 Å². The fourth-order valence-corrected chi connectivity index (χ4v) is 3.31. The van der Waals surface area contributed by atoms with Crippen LogP contribution in [0.5, 0.6) is 0 Å². The molecule has 3 rings (SSSR count). The molecular formula is C21H20FN3O2. The van der Waals surface area contributed by atoms with E-state index < -0.39 is 11.9 Å². The molecule has 2 aromatic rings. The molecule has 0 spiro atoms. The number of nitriles is 1. The molecule has 1 aliphatic heterocycles. The molecule has 0 saturated carbocycles. The third kappa shape index (κ3) is 3.54. The molecule has 1 saturated heterocycles. The molecule has 1 atom stereocenters. The average Bonchev–Trinajstić information content (AvgIpc) is 2.70. The Hall–Kier alpha value is -3.20. The highest BCUT2D eigenvalue weighted by Gasteiger charge is 2.33. The fraction of sp³-hybridized carbons (Fsp3) is 0.286. The van der Waals surface area contributed by atoms with Crippen LogP contribution in [0, 0.1) is 17.1 Å². The molecule has 1 aliphatic rings. The number of amides is 2. The fourth-order valence-electron chi connectivity index (χ4n) is 3.31. The van der Waals surface area contributed by atoms with Crippen molar-refractivity contribution >= 4 is 11.8 Å². The minimum absolute atomic E-state index is 0.0425. The van der Waals surface area contributed by atoms with Gasteiger partial charge in [0.1, 0.15) is 17.9 Å². The number of hydrogen-bond acceptors (Lipinski definition) is 3. The zero-order chi connectivity index (χ0) is 19.6. The van der Waals surface area contributed by atoms with Crippen molar-refractivity contribution < 1.29 is 14.0 Å². The van der Waals surface area contributed by atoms with E-state index in [9.17, 15) is 14.0 Å². The molecule has 0 unspecified atom stereocenters. The van der Waals surface area contributed by atoms with Gasteiger partial charge in [-0.3, -0.25) is 9.59 Å². The highest BCUT2D eigenvalue weighted by Crippen LogP contribution is 2.24. The lowest BCUT2D eigenvalue weighted by Gasteiger charge is -2.38. The van der Waals surface area contributed by atoms with Gasteiger partial charge in [-0.1, -0.05) is 18.2 Å². The van der Waals surface area contributed by atoms with Crippen LogP contribution in [0.3, 0.4) is 0 Å². The lowest BCUT2D eigenvalue weighted by molar-refractivity contribution is -0.139. The summed E-state index contributed by atoms with van der Waals surface area (Å²) in [5, 5.41) is 9.01. The summed E-state index contributed by atoms with van der Waals surface area (Å²) in [6, 6.07) is 12.5. The second-order valence-corrected chi connectivity index (χ2v) is 6.48. The Morgan fingerprint density at radius 2 is 1.96 bits per heavy atom. The molecule has 5 nitrogen and oxygen atoms in total. The molecule has 6 heteroatoms. The van der Waals surface area contributed by atoms with Crippen LogP contribution >= 0.6 is 0 Å². The topological polar surface area (TPSA) is 64.4 Å². The maximum atomic E-state index is 13.6. The van der Waals surface area contributed by atoms with Crippen molar-refractivity contribution in [2.45, 2.75) is 19.9 Å². The summed E-state index contributed by atoms with van der Waals surface area (Å²) < 4.78 is 13.6. The van der Waals surface area contributed by atoms with E-state index in [1.165, 1.54) is 12.1 Å². The van der Waals surface area contributed by atoms with Crippen LogP contribution in [0.4, 0.5) is 4.39 Å². The van der Waals surface area contributed by atoms with Gasteiger partial charge in [0.15, 0.2) is 0 Å². The molecule has 1 fully saturated rings. The second-order valence-electron chi connectivity index (χ2n) is 6.48. The highest BCUT2D eigenvalue weighted by molar-refractivity contribution is 5.99. The van der Waals surface area contributed by atoms with Crippen molar-refractivity contribution in [1.82, 2.24) is 9.80 Å². The molecule has 27 heavy (non-hydrogen) atoms. The molecular weight excluding hydrogens is 345 g/mol. The lowest BCUT2D eigenvalue weighted by Crippen LogP contribution is -2.57.